The predicted molar refractivity (Wildman–Crippen MR) is 109 cm³/mol. The Balaban J connectivity index is 1.75. The molecule has 0 aliphatic rings. The molecule has 0 saturated heterocycles. The van der Waals surface area contributed by atoms with E-state index < -0.39 is 4.92 Å². The summed E-state index contributed by atoms with van der Waals surface area (Å²) in [6.07, 6.45) is 1.29. The van der Waals surface area contributed by atoms with E-state index in [2.05, 4.69) is 20.6 Å². The van der Waals surface area contributed by atoms with Crippen molar-refractivity contribution >= 4 is 17.3 Å². The number of hydrogen-bond donors (Lipinski definition) is 2. The maximum absolute atomic E-state index is 11.7. The fourth-order valence-corrected chi connectivity index (χ4v) is 2.71. The van der Waals surface area contributed by atoms with Gasteiger partial charge in [0.1, 0.15) is 17.8 Å². The molecule has 0 aliphatic carbocycles. The fourth-order valence-electron chi connectivity index (χ4n) is 2.71. The van der Waals surface area contributed by atoms with Crippen LogP contribution in [0.15, 0.2) is 54.9 Å². The third kappa shape index (κ3) is 5.10. The van der Waals surface area contributed by atoms with Gasteiger partial charge in [0.05, 0.1) is 19.1 Å². The van der Waals surface area contributed by atoms with Gasteiger partial charge in [-0.15, -0.1) is 0 Å². The van der Waals surface area contributed by atoms with Gasteiger partial charge >= 0.3 is 5.69 Å². The lowest BCUT2D eigenvalue weighted by Gasteiger charge is -2.11. The van der Waals surface area contributed by atoms with Gasteiger partial charge in [0.25, 0.3) is 0 Å². The average Bonchev–Trinajstić information content (AvgIpc) is 2.76. The first-order valence-electron chi connectivity index (χ1n) is 8.83. The molecule has 0 amide bonds. The number of nitrogens with zero attached hydrogens (tertiary/aromatic N) is 3. The van der Waals surface area contributed by atoms with E-state index in [0.29, 0.717) is 18.8 Å². The van der Waals surface area contributed by atoms with E-state index in [0.717, 1.165) is 16.9 Å². The third-order valence-electron chi connectivity index (χ3n) is 4.22. The van der Waals surface area contributed by atoms with Crippen molar-refractivity contribution in [2.45, 2.75) is 13.1 Å². The lowest BCUT2D eigenvalue weighted by atomic mass is 10.2. The standard InChI is InChI=1S/C20H21N5O4/c1-28-16-8-6-14(7-9-16)11-21-19-18(25(26)27)20(24-13-23-19)22-12-15-4-3-5-17(10-15)29-2/h3-10,13H,11-12H2,1-2H3,(H2,21,22,23,24). The van der Waals surface area contributed by atoms with Crippen LogP contribution >= 0.6 is 0 Å². The average molecular weight is 395 g/mol. The molecule has 29 heavy (non-hydrogen) atoms. The summed E-state index contributed by atoms with van der Waals surface area (Å²) in [6, 6.07) is 14.8. The quantitative estimate of drug-likeness (QED) is 0.417. The zero-order chi connectivity index (χ0) is 20.6. The number of ether oxygens (including phenoxy) is 2. The number of rotatable bonds is 9. The summed E-state index contributed by atoms with van der Waals surface area (Å²) in [5.74, 6) is 1.74. The SMILES string of the molecule is COc1ccc(CNc2ncnc(NCc3cccc(OC)c3)c2[N+](=O)[O-])cc1. The summed E-state index contributed by atoms with van der Waals surface area (Å²) in [7, 11) is 3.18. The number of anilines is 2. The van der Waals surface area contributed by atoms with Crippen LogP contribution in [0.4, 0.5) is 17.3 Å². The van der Waals surface area contributed by atoms with Crippen molar-refractivity contribution in [2.75, 3.05) is 24.9 Å². The normalized spacial score (nSPS) is 10.3. The van der Waals surface area contributed by atoms with E-state index >= 15 is 0 Å². The second-order valence-corrected chi connectivity index (χ2v) is 6.08. The Morgan fingerprint density at radius 1 is 0.897 bits per heavy atom. The van der Waals surface area contributed by atoms with Crippen LogP contribution in [-0.2, 0) is 13.1 Å². The summed E-state index contributed by atoms with van der Waals surface area (Å²) in [4.78, 5) is 19.2. The molecule has 150 valence electrons. The first kappa shape index (κ1) is 19.9. The summed E-state index contributed by atoms with van der Waals surface area (Å²) >= 11 is 0. The maximum Gasteiger partial charge on any atom is 0.353 e. The highest BCUT2D eigenvalue weighted by atomic mass is 16.6. The summed E-state index contributed by atoms with van der Waals surface area (Å²) < 4.78 is 10.3. The van der Waals surface area contributed by atoms with Gasteiger partial charge in [-0.2, -0.15) is 0 Å². The van der Waals surface area contributed by atoms with Gasteiger partial charge in [-0.05, 0) is 35.4 Å². The van der Waals surface area contributed by atoms with Crippen LogP contribution in [0, 0.1) is 10.1 Å². The van der Waals surface area contributed by atoms with Crippen molar-refractivity contribution in [3.8, 4) is 11.5 Å². The fraction of sp³-hybridized carbons (Fsp3) is 0.200. The molecule has 0 fully saturated rings. The number of aromatic nitrogens is 2. The molecule has 0 radical (unpaired) electrons. The number of hydrogen-bond acceptors (Lipinski definition) is 8. The van der Waals surface area contributed by atoms with E-state index in [9.17, 15) is 10.1 Å². The Bertz CT molecular complexity index is 979. The predicted octanol–water partition coefficient (Wildman–Crippen LogP) is 3.63. The minimum absolute atomic E-state index is 0.144. The Labute approximate surface area is 167 Å². The van der Waals surface area contributed by atoms with Crippen molar-refractivity contribution in [3.05, 3.63) is 76.1 Å². The minimum Gasteiger partial charge on any atom is -0.497 e. The van der Waals surface area contributed by atoms with Gasteiger partial charge in [0, 0.05) is 13.1 Å². The molecular weight excluding hydrogens is 374 g/mol. The molecule has 2 N–H and O–H groups in total. The minimum atomic E-state index is -0.496. The van der Waals surface area contributed by atoms with E-state index in [1.54, 1.807) is 14.2 Å². The molecule has 0 bridgehead atoms. The van der Waals surface area contributed by atoms with Gasteiger partial charge in [-0.1, -0.05) is 24.3 Å². The molecular formula is C20H21N5O4. The Kier molecular flexibility index (Phi) is 6.41. The summed E-state index contributed by atoms with van der Waals surface area (Å²) in [5, 5.41) is 17.7. The topological polar surface area (TPSA) is 111 Å². The van der Waals surface area contributed by atoms with Gasteiger partial charge in [0.15, 0.2) is 0 Å². The van der Waals surface area contributed by atoms with E-state index in [1.807, 2.05) is 48.5 Å². The van der Waals surface area contributed by atoms with Gasteiger partial charge < -0.3 is 20.1 Å². The Morgan fingerprint density at radius 2 is 1.52 bits per heavy atom. The number of methoxy groups -OCH3 is 2. The van der Waals surface area contributed by atoms with E-state index in [-0.39, 0.29) is 17.3 Å². The van der Waals surface area contributed by atoms with Gasteiger partial charge in [0.2, 0.25) is 11.6 Å². The summed E-state index contributed by atoms with van der Waals surface area (Å²) in [5.41, 5.74) is 1.64. The Hall–Kier alpha value is -3.88. The van der Waals surface area contributed by atoms with Crippen molar-refractivity contribution in [1.82, 2.24) is 9.97 Å². The van der Waals surface area contributed by atoms with Crippen LogP contribution in [0.3, 0.4) is 0 Å². The largest absolute Gasteiger partial charge is 0.497 e. The molecule has 0 atom stereocenters. The van der Waals surface area contributed by atoms with Crippen molar-refractivity contribution in [1.29, 1.82) is 0 Å². The highest BCUT2D eigenvalue weighted by Gasteiger charge is 2.22. The molecule has 3 rings (SSSR count). The van der Waals surface area contributed by atoms with Gasteiger partial charge in [-0.25, -0.2) is 9.97 Å². The molecule has 3 aromatic rings. The second-order valence-electron chi connectivity index (χ2n) is 6.08. The highest BCUT2D eigenvalue weighted by Crippen LogP contribution is 2.29. The third-order valence-corrected chi connectivity index (χ3v) is 4.22. The van der Waals surface area contributed by atoms with Crippen LogP contribution in [0.25, 0.3) is 0 Å². The maximum atomic E-state index is 11.7. The molecule has 9 heteroatoms. The second kappa shape index (κ2) is 9.36. The molecule has 9 nitrogen and oxygen atoms in total. The van der Waals surface area contributed by atoms with Crippen LogP contribution in [0.1, 0.15) is 11.1 Å². The zero-order valence-corrected chi connectivity index (χ0v) is 16.1. The van der Waals surface area contributed by atoms with Crippen LogP contribution in [0.5, 0.6) is 11.5 Å². The first-order chi connectivity index (χ1) is 14.1. The molecule has 0 saturated carbocycles. The lowest BCUT2D eigenvalue weighted by Crippen LogP contribution is -2.10. The molecule has 0 aliphatic heterocycles. The number of nitrogens with one attached hydrogen (secondary N) is 2. The Morgan fingerprint density at radius 3 is 2.10 bits per heavy atom. The lowest BCUT2D eigenvalue weighted by molar-refractivity contribution is -0.383. The van der Waals surface area contributed by atoms with Crippen LogP contribution in [0.2, 0.25) is 0 Å². The molecule has 0 unspecified atom stereocenters. The van der Waals surface area contributed by atoms with Gasteiger partial charge in [-0.3, -0.25) is 10.1 Å². The molecule has 0 spiro atoms. The number of benzene rings is 2. The smallest absolute Gasteiger partial charge is 0.353 e. The zero-order valence-electron chi connectivity index (χ0n) is 16.1. The number of nitro groups is 1. The molecule has 1 aromatic heterocycles. The van der Waals surface area contributed by atoms with Crippen LogP contribution in [-0.4, -0.2) is 29.1 Å². The van der Waals surface area contributed by atoms with Crippen LogP contribution < -0.4 is 20.1 Å². The van der Waals surface area contributed by atoms with Crippen molar-refractivity contribution in [3.63, 3.8) is 0 Å². The first-order valence-corrected chi connectivity index (χ1v) is 8.83. The van der Waals surface area contributed by atoms with E-state index in [4.69, 9.17) is 9.47 Å². The molecule has 2 aromatic carbocycles. The van der Waals surface area contributed by atoms with E-state index in [1.165, 1.54) is 6.33 Å². The van der Waals surface area contributed by atoms with Crippen molar-refractivity contribution < 1.29 is 14.4 Å². The highest BCUT2D eigenvalue weighted by molar-refractivity contribution is 5.69. The summed E-state index contributed by atoms with van der Waals surface area (Å²) in [6.45, 7) is 0.726. The monoisotopic (exact) mass is 395 g/mol. The van der Waals surface area contributed by atoms with Crippen molar-refractivity contribution in [2.24, 2.45) is 0 Å². The molecule has 1 heterocycles.